The van der Waals surface area contributed by atoms with Crippen molar-refractivity contribution in [3.63, 3.8) is 0 Å². The highest BCUT2D eigenvalue weighted by molar-refractivity contribution is 5.94. The second-order valence-corrected chi connectivity index (χ2v) is 5.94. The number of methoxy groups -OCH3 is 1. The van der Waals surface area contributed by atoms with Crippen LogP contribution in [0.2, 0.25) is 0 Å². The highest BCUT2D eigenvalue weighted by Gasteiger charge is 2.23. The van der Waals surface area contributed by atoms with E-state index < -0.39 is 12.1 Å². The van der Waals surface area contributed by atoms with Gasteiger partial charge in [-0.05, 0) is 43.3 Å². The summed E-state index contributed by atoms with van der Waals surface area (Å²) in [5, 5.41) is 7.02. The van der Waals surface area contributed by atoms with E-state index in [0.29, 0.717) is 11.1 Å². The third kappa shape index (κ3) is 3.81. The molecule has 3 rings (SSSR count). The molecule has 0 radical (unpaired) electrons. The van der Waals surface area contributed by atoms with Gasteiger partial charge in [-0.1, -0.05) is 18.2 Å². The second-order valence-electron chi connectivity index (χ2n) is 5.94. The number of hydrogen-bond donors (Lipinski definition) is 1. The summed E-state index contributed by atoms with van der Waals surface area (Å²) in [6, 6.07) is 14.9. The minimum Gasteiger partial charge on any atom is -0.375 e. The van der Waals surface area contributed by atoms with Crippen LogP contribution in [-0.4, -0.2) is 28.8 Å². The number of halogens is 1. The molecule has 0 fully saturated rings. The van der Waals surface area contributed by atoms with Gasteiger partial charge in [-0.3, -0.25) is 4.79 Å². The molecule has 2 aromatic carbocycles. The lowest BCUT2D eigenvalue weighted by molar-refractivity contribution is 0.0625. The van der Waals surface area contributed by atoms with Gasteiger partial charge in [0.25, 0.3) is 5.91 Å². The van der Waals surface area contributed by atoms with Crippen LogP contribution in [-0.2, 0) is 4.74 Å². The van der Waals surface area contributed by atoms with E-state index in [4.69, 9.17) is 4.74 Å². The highest BCUT2D eigenvalue weighted by atomic mass is 19.1. The number of carbonyl (C=O) groups excluding carboxylic acids is 1. The van der Waals surface area contributed by atoms with Crippen molar-refractivity contribution in [2.75, 3.05) is 7.11 Å². The van der Waals surface area contributed by atoms with Gasteiger partial charge in [0.15, 0.2) is 0 Å². The Balaban J connectivity index is 1.71. The predicted molar refractivity (Wildman–Crippen MR) is 96.6 cm³/mol. The molecule has 0 bridgehead atoms. The molecule has 0 aliphatic rings. The molecule has 0 unspecified atom stereocenters. The molecule has 3 aromatic rings. The smallest absolute Gasteiger partial charge is 0.251 e. The molecular weight excluding hydrogens is 333 g/mol. The Hall–Kier alpha value is -2.99. The summed E-state index contributed by atoms with van der Waals surface area (Å²) in [6.07, 6.45) is 2.94. The van der Waals surface area contributed by atoms with Crippen molar-refractivity contribution in [1.29, 1.82) is 0 Å². The minimum absolute atomic E-state index is 0.247. The molecule has 6 heteroatoms. The third-order valence-corrected chi connectivity index (χ3v) is 4.18. The summed E-state index contributed by atoms with van der Waals surface area (Å²) in [5.74, 6) is -0.605. The molecule has 2 atom stereocenters. The molecule has 0 saturated carbocycles. The van der Waals surface area contributed by atoms with Crippen molar-refractivity contribution in [2.45, 2.75) is 19.1 Å². The van der Waals surface area contributed by atoms with Gasteiger partial charge < -0.3 is 10.1 Å². The Labute approximate surface area is 151 Å². The summed E-state index contributed by atoms with van der Waals surface area (Å²) in [5.41, 5.74) is 1.79. The molecule has 1 N–H and O–H groups in total. The first-order valence-electron chi connectivity index (χ1n) is 8.28. The van der Waals surface area contributed by atoms with Crippen molar-refractivity contribution in [3.05, 3.63) is 83.9 Å². The molecule has 1 heterocycles. The monoisotopic (exact) mass is 353 g/mol. The van der Waals surface area contributed by atoms with Crippen LogP contribution in [0.25, 0.3) is 5.69 Å². The maximum absolute atomic E-state index is 14.0. The van der Waals surface area contributed by atoms with Gasteiger partial charge in [0.1, 0.15) is 11.9 Å². The van der Waals surface area contributed by atoms with Crippen LogP contribution < -0.4 is 5.32 Å². The number of rotatable bonds is 6. The van der Waals surface area contributed by atoms with Crippen LogP contribution in [0, 0.1) is 5.82 Å². The van der Waals surface area contributed by atoms with E-state index in [9.17, 15) is 9.18 Å². The SMILES string of the molecule is CO[C@@H](c1ccccc1F)[C@H](C)NC(=O)c1ccc(-n2cccn2)cc1. The number of carbonyl (C=O) groups is 1. The zero-order valence-corrected chi connectivity index (χ0v) is 14.6. The summed E-state index contributed by atoms with van der Waals surface area (Å²) < 4.78 is 21.2. The average molecular weight is 353 g/mol. The van der Waals surface area contributed by atoms with Crippen molar-refractivity contribution >= 4 is 5.91 Å². The summed E-state index contributed by atoms with van der Waals surface area (Å²) >= 11 is 0. The van der Waals surface area contributed by atoms with Gasteiger partial charge >= 0.3 is 0 Å². The summed E-state index contributed by atoms with van der Waals surface area (Å²) in [7, 11) is 1.50. The van der Waals surface area contributed by atoms with E-state index in [1.807, 2.05) is 24.4 Å². The van der Waals surface area contributed by atoms with Gasteiger partial charge in [-0.15, -0.1) is 0 Å². The first-order chi connectivity index (χ1) is 12.6. The highest BCUT2D eigenvalue weighted by Crippen LogP contribution is 2.23. The minimum atomic E-state index is -0.580. The molecule has 1 aromatic heterocycles. The lowest BCUT2D eigenvalue weighted by atomic mass is 10.0. The normalized spacial score (nSPS) is 13.2. The van der Waals surface area contributed by atoms with Crippen molar-refractivity contribution in [2.24, 2.45) is 0 Å². The van der Waals surface area contributed by atoms with E-state index in [2.05, 4.69) is 10.4 Å². The molecule has 0 aliphatic heterocycles. The topological polar surface area (TPSA) is 56.1 Å². The number of ether oxygens (including phenoxy) is 1. The van der Waals surface area contributed by atoms with Gasteiger partial charge in [-0.2, -0.15) is 5.10 Å². The molecule has 0 spiro atoms. The van der Waals surface area contributed by atoms with Gasteiger partial charge in [0, 0.05) is 30.6 Å². The number of nitrogens with one attached hydrogen (secondary N) is 1. The number of nitrogens with zero attached hydrogens (tertiary/aromatic N) is 2. The Bertz CT molecular complexity index is 863. The number of benzene rings is 2. The molecule has 1 amide bonds. The Morgan fingerprint density at radius 3 is 2.50 bits per heavy atom. The van der Waals surface area contributed by atoms with Crippen LogP contribution >= 0.6 is 0 Å². The number of amides is 1. The maximum Gasteiger partial charge on any atom is 0.251 e. The van der Waals surface area contributed by atoms with Crippen molar-refractivity contribution < 1.29 is 13.9 Å². The van der Waals surface area contributed by atoms with E-state index in [0.717, 1.165) is 5.69 Å². The molecule has 0 aliphatic carbocycles. The molecular formula is C20H20FN3O2. The Morgan fingerprint density at radius 1 is 1.15 bits per heavy atom. The zero-order valence-electron chi connectivity index (χ0n) is 14.6. The largest absolute Gasteiger partial charge is 0.375 e. The summed E-state index contributed by atoms with van der Waals surface area (Å²) in [6.45, 7) is 1.79. The van der Waals surface area contributed by atoms with Gasteiger partial charge in [0.05, 0.1) is 11.7 Å². The van der Waals surface area contributed by atoms with Crippen LogP contribution in [0.1, 0.15) is 28.9 Å². The van der Waals surface area contributed by atoms with Crippen LogP contribution in [0.4, 0.5) is 4.39 Å². The third-order valence-electron chi connectivity index (χ3n) is 4.18. The van der Waals surface area contributed by atoms with E-state index in [1.54, 1.807) is 48.1 Å². The molecule has 5 nitrogen and oxygen atoms in total. The van der Waals surface area contributed by atoms with Crippen LogP contribution in [0.15, 0.2) is 67.0 Å². The first-order valence-corrected chi connectivity index (χ1v) is 8.28. The lowest BCUT2D eigenvalue weighted by Crippen LogP contribution is -2.38. The number of hydrogen-bond acceptors (Lipinski definition) is 3. The Kier molecular flexibility index (Phi) is 5.43. The van der Waals surface area contributed by atoms with Gasteiger partial charge in [-0.25, -0.2) is 9.07 Å². The van der Waals surface area contributed by atoms with E-state index in [-0.39, 0.29) is 11.7 Å². The lowest BCUT2D eigenvalue weighted by Gasteiger charge is -2.24. The van der Waals surface area contributed by atoms with Gasteiger partial charge in [0.2, 0.25) is 0 Å². The van der Waals surface area contributed by atoms with Crippen LogP contribution in [0.3, 0.4) is 0 Å². The Morgan fingerprint density at radius 2 is 1.88 bits per heavy atom. The molecule has 0 saturated heterocycles. The second kappa shape index (κ2) is 7.93. The molecule has 134 valence electrons. The zero-order chi connectivity index (χ0) is 18.5. The first kappa shape index (κ1) is 17.8. The van der Waals surface area contributed by atoms with Crippen molar-refractivity contribution in [3.8, 4) is 5.69 Å². The standard InChI is InChI=1S/C20H20FN3O2/c1-14(19(26-2)17-6-3-4-7-18(17)21)23-20(25)15-8-10-16(11-9-15)24-13-5-12-22-24/h3-14,19H,1-2H3,(H,23,25)/t14-,19+/m0/s1. The average Bonchev–Trinajstić information content (AvgIpc) is 3.19. The van der Waals surface area contributed by atoms with Crippen molar-refractivity contribution in [1.82, 2.24) is 15.1 Å². The summed E-state index contributed by atoms with van der Waals surface area (Å²) in [4.78, 5) is 12.5. The predicted octanol–water partition coefficient (Wildman–Crippen LogP) is 3.52. The fraction of sp³-hybridized carbons (Fsp3) is 0.200. The molecule has 26 heavy (non-hydrogen) atoms. The van der Waals surface area contributed by atoms with Crippen LogP contribution in [0.5, 0.6) is 0 Å². The maximum atomic E-state index is 14.0. The van der Waals surface area contributed by atoms with E-state index in [1.165, 1.54) is 13.2 Å². The number of aromatic nitrogens is 2. The fourth-order valence-corrected chi connectivity index (χ4v) is 2.86. The van der Waals surface area contributed by atoms with E-state index >= 15 is 0 Å². The fourth-order valence-electron chi connectivity index (χ4n) is 2.86. The quantitative estimate of drug-likeness (QED) is 0.738.